The maximum Gasteiger partial charge on any atom is 0.312 e. The Morgan fingerprint density at radius 2 is 2.33 bits per heavy atom. The Morgan fingerprint density at radius 3 is 2.90 bits per heavy atom. The second-order valence-corrected chi connectivity index (χ2v) is 5.99. The first-order chi connectivity index (χ1) is 9.99. The Morgan fingerprint density at radius 1 is 1.57 bits per heavy atom. The van der Waals surface area contributed by atoms with Gasteiger partial charge in [-0.1, -0.05) is 15.9 Å². The lowest BCUT2D eigenvalue weighted by Crippen LogP contribution is -2.26. The minimum Gasteiger partial charge on any atom is -0.484 e. The molecule has 1 aliphatic heterocycles. The minimum atomic E-state index is -0.858. The Bertz CT molecular complexity index is 514. The van der Waals surface area contributed by atoms with Crippen LogP contribution < -0.4 is 4.74 Å². The Balaban J connectivity index is 2.24. The van der Waals surface area contributed by atoms with Crippen molar-refractivity contribution in [1.82, 2.24) is 0 Å². The molecule has 0 saturated carbocycles. The molecule has 1 fully saturated rings. The summed E-state index contributed by atoms with van der Waals surface area (Å²) in [4.78, 5) is 10.7. The molecule has 7 heteroatoms. The highest BCUT2D eigenvalue weighted by Gasteiger charge is 2.25. The molecule has 21 heavy (non-hydrogen) atoms. The van der Waals surface area contributed by atoms with E-state index in [1.165, 1.54) is 6.07 Å². The van der Waals surface area contributed by atoms with Crippen LogP contribution in [0.2, 0.25) is 0 Å². The number of nitro benzene ring substituents is 1. The normalized spacial score (nSPS) is 20.0. The summed E-state index contributed by atoms with van der Waals surface area (Å²) < 4.78 is 11.7. The predicted octanol–water partition coefficient (Wildman–Crippen LogP) is 3.36. The van der Waals surface area contributed by atoms with E-state index in [4.69, 9.17) is 9.47 Å². The zero-order chi connectivity index (χ0) is 15.4. The van der Waals surface area contributed by atoms with Crippen LogP contribution in [0.3, 0.4) is 0 Å². The molecule has 116 valence electrons. The zero-order valence-electron chi connectivity index (χ0n) is 11.8. The van der Waals surface area contributed by atoms with E-state index < -0.39 is 11.0 Å². The highest BCUT2D eigenvalue weighted by molar-refractivity contribution is 9.10. The molecule has 2 unspecified atom stereocenters. The molecule has 0 spiro atoms. The summed E-state index contributed by atoms with van der Waals surface area (Å²) in [5.41, 5.74) is 0.239. The van der Waals surface area contributed by atoms with Gasteiger partial charge in [-0.05, 0) is 32.3 Å². The monoisotopic (exact) mass is 359 g/mol. The van der Waals surface area contributed by atoms with Gasteiger partial charge in [0.25, 0.3) is 0 Å². The summed E-state index contributed by atoms with van der Waals surface area (Å²) in [5.74, 6) is 0.118. The van der Waals surface area contributed by atoms with Gasteiger partial charge in [0.2, 0.25) is 5.75 Å². The molecule has 1 N–H and O–H groups in total. The van der Waals surface area contributed by atoms with Gasteiger partial charge in [-0.2, -0.15) is 0 Å². The van der Waals surface area contributed by atoms with E-state index in [2.05, 4.69) is 15.9 Å². The van der Waals surface area contributed by atoms with Crippen molar-refractivity contribution in [3.05, 3.63) is 32.3 Å². The number of nitrogens with zero attached hydrogens (tertiary/aromatic N) is 1. The first kappa shape index (κ1) is 16.2. The number of aliphatic hydroxyl groups is 1. The Kier molecular flexibility index (Phi) is 5.55. The fourth-order valence-electron chi connectivity index (χ4n) is 2.32. The Hall–Kier alpha value is -1.18. The molecule has 0 aromatic heterocycles. The van der Waals surface area contributed by atoms with E-state index in [0.717, 1.165) is 19.3 Å². The molecule has 2 rings (SSSR count). The molecule has 1 aromatic carbocycles. The van der Waals surface area contributed by atoms with Gasteiger partial charge < -0.3 is 14.6 Å². The van der Waals surface area contributed by atoms with Gasteiger partial charge in [-0.25, -0.2) is 0 Å². The minimum absolute atomic E-state index is 0.0520. The number of rotatable bonds is 5. The average molecular weight is 360 g/mol. The van der Waals surface area contributed by atoms with E-state index in [1.54, 1.807) is 13.0 Å². The summed E-state index contributed by atoms with van der Waals surface area (Å²) in [5, 5.41) is 21.0. The third-order valence-electron chi connectivity index (χ3n) is 3.40. The topological polar surface area (TPSA) is 81.8 Å². The van der Waals surface area contributed by atoms with Crippen LogP contribution in [0.5, 0.6) is 5.75 Å². The van der Waals surface area contributed by atoms with Gasteiger partial charge in [0.15, 0.2) is 0 Å². The van der Waals surface area contributed by atoms with Crippen LogP contribution in [-0.4, -0.2) is 29.3 Å². The number of ether oxygens (including phenoxy) is 2. The second-order valence-electron chi connectivity index (χ2n) is 5.08. The molecule has 2 atom stereocenters. The second kappa shape index (κ2) is 7.20. The summed E-state index contributed by atoms with van der Waals surface area (Å²) in [7, 11) is 0. The number of hydrogen-bond acceptors (Lipinski definition) is 5. The van der Waals surface area contributed by atoms with Crippen molar-refractivity contribution in [2.45, 2.75) is 38.4 Å². The van der Waals surface area contributed by atoms with Crippen molar-refractivity contribution >= 4 is 21.6 Å². The number of aliphatic hydroxyl groups excluding tert-OH is 1. The lowest BCUT2D eigenvalue weighted by molar-refractivity contribution is -0.386. The summed E-state index contributed by atoms with van der Waals surface area (Å²) >= 11 is 3.22. The Labute approximate surface area is 131 Å². The maximum absolute atomic E-state index is 11.2. The third-order valence-corrected chi connectivity index (χ3v) is 3.86. The van der Waals surface area contributed by atoms with E-state index in [1.807, 2.05) is 0 Å². The lowest BCUT2D eigenvalue weighted by Gasteiger charge is -2.23. The van der Waals surface area contributed by atoms with Crippen molar-refractivity contribution in [2.24, 2.45) is 0 Å². The van der Waals surface area contributed by atoms with E-state index in [0.29, 0.717) is 16.6 Å². The zero-order valence-corrected chi connectivity index (χ0v) is 13.3. The van der Waals surface area contributed by atoms with Crippen molar-refractivity contribution in [1.29, 1.82) is 0 Å². The maximum atomic E-state index is 11.2. The lowest BCUT2D eigenvalue weighted by atomic mass is 10.1. The van der Waals surface area contributed by atoms with Crippen molar-refractivity contribution in [3.8, 4) is 5.75 Å². The van der Waals surface area contributed by atoms with Gasteiger partial charge in [-0.15, -0.1) is 0 Å². The van der Waals surface area contributed by atoms with Crippen LogP contribution in [-0.2, 0) is 4.74 Å². The van der Waals surface area contributed by atoms with Gasteiger partial charge >= 0.3 is 5.69 Å². The summed E-state index contributed by atoms with van der Waals surface area (Å²) in [6, 6.07) is 3.01. The molecule has 6 nitrogen and oxygen atoms in total. The SMILES string of the molecule is CC(O)c1cc(Br)cc([N+](=O)[O-])c1OCC1CCCCO1. The quantitative estimate of drug-likeness (QED) is 0.643. The van der Waals surface area contributed by atoms with Crippen LogP contribution in [0.25, 0.3) is 0 Å². The predicted molar refractivity (Wildman–Crippen MR) is 80.5 cm³/mol. The molecular weight excluding hydrogens is 342 g/mol. The average Bonchev–Trinajstić information content (AvgIpc) is 2.46. The fourth-order valence-corrected chi connectivity index (χ4v) is 2.78. The van der Waals surface area contributed by atoms with Crippen LogP contribution in [0.15, 0.2) is 16.6 Å². The first-order valence-electron chi connectivity index (χ1n) is 6.89. The van der Waals surface area contributed by atoms with Crippen LogP contribution in [0.4, 0.5) is 5.69 Å². The number of benzene rings is 1. The largest absolute Gasteiger partial charge is 0.484 e. The molecule has 1 aromatic rings. The van der Waals surface area contributed by atoms with Gasteiger partial charge in [0.05, 0.1) is 17.1 Å². The highest BCUT2D eigenvalue weighted by Crippen LogP contribution is 2.38. The fraction of sp³-hybridized carbons (Fsp3) is 0.571. The number of nitro groups is 1. The molecule has 0 amide bonds. The van der Waals surface area contributed by atoms with Gasteiger partial charge in [0.1, 0.15) is 6.61 Å². The molecule has 1 saturated heterocycles. The first-order valence-corrected chi connectivity index (χ1v) is 7.68. The van der Waals surface area contributed by atoms with Crippen LogP contribution in [0, 0.1) is 10.1 Å². The van der Waals surface area contributed by atoms with E-state index >= 15 is 0 Å². The molecule has 0 bridgehead atoms. The van der Waals surface area contributed by atoms with E-state index in [9.17, 15) is 15.2 Å². The standard InChI is InChI=1S/C14H18BrNO5/c1-9(17)12-6-10(15)7-13(16(18)19)14(12)21-8-11-4-2-3-5-20-11/h6-7,9,11,17H,2-5,8H2,1H3. The molecular formula is C14H18BrNO5. The van der Waals surface area contributed by atoms with Crippen LogP contribution in [0.1, 0.15) is 37.9 Å². The summed E-state index contributed by atoms with van der Waals surface area (Å²) in [6.45, 7) is 2.50. The van der Waals surface area contributed by atoms with Gasteiger partial charge in [-0.3, -0.25) is 10.1 Å². The highest BCUT2D eigenvalue weighted by atomic mass is 79.9. The molecule has 0 radical (unpaired) electrons. The molecule has 1 aliphatic rings. The van der Waals surface area contributed by atoms with Crippen molar-refractivity contribution in [2.75, 3.05) is 13.2 Å². The van der Waals surface area contributed by atoms with E-state index in [-0.39, 0.29) is 24.1 Å². The van der Waals surface area contributed by atoms with Crippen LogP contribution >= 0.6 is 15.9 Å². The number of halogens is 1. The molecule has 1 heterocycles. The number of hydrogen-bond donors (Lipinski definition) is 1. The third kappa shape index (κ3) is 4.15. The van der Waals surface area contributed by atoms with Crippen molar-refractivity contribution < 1.29 is 19.5 Å². The molecule has 0 aliphatic carbocycles. The van der Waals surface area contributed by atoms with Crippen molar-refractivity contribution in [3.63, 3.8) is 0 Å². The smallest absolute Gasteiger partial charge is 0.312 e. The van der Waals surface area contributed by atoms with Gasteiger partial charge in [0, 0.05) is 22.7 Å². The summed E-state index contributed by atoms with van der Waals surface area (Å²) in [6.07, 6.45) is 2.08.